The average Bonchev–Trinajstić information content (AvgIpc) is 3.24. The molecule has 1 fully saturated rings. The molecule has 17 nitrogen and oxygen atoms in total. The number of alkyl halides is 2. The molecule has 3 N–H and O–H groups in total. The number of carbonyl (C=O) groups is 1. The lowest BCUT2D eigenvalue weighted by atomic mass is 10.00. The fourth-order valence-corrected chi connectivity index (χ4v) is 8.53. The molecule has 1 aromatic heterocycles. The minimum atomic E-state index is -6.66. The van der Waals surface area contributed by atoms with E-state index >= 15 is 0 Å². The van der Waals surface area contributed by atoms with Gasteiger partial charge in [0.05, 0.1) is 32.8 Å². The number of nitrogens with one attached hydrogen (secondary N) is 1. The number of rotatable bonds is 13. The van der Waals surface area contributed by atoms with Crippen molar-refractivity contribution >= 4 is 47.1 Å². The Kier molecular flexibility index (Phi) is 11.8. The third-order valence-corrected chi connectivity index (χ3v) is 12.3. The molecule has 2 rings (SSSR count). The number of H-pyrrole nitrogens is 1. The lowest BCUT2D eigenvalue weighted by Gasteiger charge is -2.33. The molecule has 3 radical (unpaired) electrons. The van der Waals surface area contributed by atoms with Crippen LogP contribution >= 0.6 is 34.4 Å². The molecule has 1 saturated heterocycles. The van der Waals surface area contributed by atoms with Crippen LogP contribution < -0.4 is 11.2 Å². The van der Waals surface area contributed by atoms with Gasteiger partial charge in [0.25, 0.3) is 5.56 Å². The molecule has 1 aliphatic rings. The van der Waals surface area contributed by atoms with E-state index in [0.29, 0.717) is 11.8 Å². The Bertz CT molecular complexity index is 1500. The maximum Gasteiger partial charge on any atom is 0.444 e. The lowest BCUT2D eigenvalue weighted by molar-refractivity contribution is -0.117. The van der Waals surface area contributed by atoms with Gasteiger partial charge in [-0.3, -0.25) is 32.6 Å². The van der Waals surface area contributed by atoms with E-state index in [-0.39, 0.29) is 22.9 Å². The van der Waals surface area contributed by atoms with Crippen LogP contribution in [0.3, 0.4) is 0 Å². The van der Waals surface area contributed by atoms with Crippen LogP contribution in [0.15, 0.2) is 20.9 Å². The van der Waals surface area contributed by atoms with Crippen molar-refractivity contribution in [3.63, 3.8) is 0 Å². The van der Waals surface area contributed by atoms with Crippen molar-refractivity contribution in [1.29, 1.82) is 0 Å². The van der Waals surface area contributed by atoms with Crippen LogP contribution in [-0.4, -0.2) is 68.5 Å². The summed E-state index contributed by atoms with van der Waals surface area (Å²) in [5, 5.41) is -2.48. The van der Waals surface area contributed by atoms with Crippen LogP contribution in [0.2, 0.25) is 0 Å². The van der Waals surface area contributed by atoms with Gasteiger partial charge in [0.2, 0.25) is 0 Å². The van der Waals surface area contributed by atoms with Gasteiger partial charge in [-0.05, 0) is 12.5 Å². The predicted octanol–water partition coefficient (Wildman–Crippen LogP) is 3.36. The quantitative estimate of drug-likeness (QED) is 0.0676. The Morgan fingerprint density at radius 3 is 2.48 bits per heavy atom. The number of thioether (sulfide) groups is 1. The number of hydrogen-bond acceptors (Lipinski definition) is 12. The molecular weight excluding hydrogens is 652 g/mol. The number of carbonyl (C=O) groups excluding carboxylic acids is 1. The Balaban J connectivity index is 2.09. The highest BCUT2D eigenvalue weighted by molar-refractivity contribution is 8.13. The third kappa shape index (κ3) is 8.96. The fraction of sp³-hybridized carbons (Fsp3) is 0.722. The molecule has 0 aromatic carbocycles. The minimum Gasteiger partial charge on any atom is -0.443 e. The van der Waals surface area contributed by atoms with Gasteiger partial charge in [-0.2, -0.15) is 8.78 Å². The van der Waals surface area contributed by atoms with Gasteiger partial charge in [-0.25, -0.2) is 4.79 Å². The standard InChI is InChI=1S/C18H27BF2N5O12P3S/c1-10-8-26(16(29)23-14(10)27)13-7-11(24-25-22)12(37-13)9-36-41(19,34)38-40(32,33)18(20,21)39(30,31)35-5-6-42-15(28)17(2,3)4/h8,11-13H,5-7,9H2,1-4H3,(H,30,31)(H,32,33)(H,23,27,29)/q-1/t11-,12-,13-,41?/m1/s1. The lowest BCUT2D eigenvalue weighted by Crippen LogP contribution is -2.33. The first-order chi connectivity index (χ1) is 19.0. The molecule has 1 aliphatic heterocycles. The van der Waals surface area contributed by atoms with Crippen molar-refractivity contribution in [3.05, 3.63) is 43.0 Å². The van der Waals surface area contributed by atoms with Crippen molar-refractivity contribution in [1.82, 2.24) is 9.55 Å². The van der Waals surface area contributed by atoms with Crippen molar-refractivity contribution in [3.8, 4) is 0 Å². The molecule has 0 bridgehead atoms. The number of nitrogens with zero attached hydrogens (tertiary/aromatic N) is 4. The van der Waals surface area contributed by atoms with Crippen LogP contribution in [0, 0.1) is 12.3 Å². The average molecular weight is 679 g/mol. The summed E-state index contributed by atoms with van der Waals surface area (Å²) >= 11 is 0.610. The topological polar surface area (TPSA) is 249 Å². The number of aryl methyl sites for hydroxylation is 1. The number of aromatic amines is 1. The SMILES string of the molecule is [B-]P(=O)(OC[C@H]1O[C@@H](n2cc(C)c(=O)[nH]c2=O)C[C@H]1N=[N+]=[N-])OP(=O)(O)C(F)(F)P(=O)(O)OCCSC(=O)C(C)(C)C. The molecule has 42 heavy (non-hydrogen) atoms. The Morgan fingerprint density at radius 1 is 1.29 bits per heavy atom. The second kappa shape index (κ2) is 13.6. The zero-order valence-electron chi connectivity index (χ0n) is 22.5. The van der Waals surface area contributed by atoms with E-state index in [1.165, 1.54) is 6.92 Å². The van der Waals surface area contributed by atoms with Crippen molar-refractivity contribution < 1.29 is 55.2 Å². The van der Waals surface area contributed by atoms with Gasteiger partial charge in [-0.15, -0.1) is 0 Å². The number of azide groups is 1. The fourth-order valence-electron chi connectivity index (χ4n) is 3.18. The smallest absolute Gasteiger partial charge is 0.443 e. The van der Waals surface area contributed by atoms with E-state index in [1.54, 1.807) is 20.8 Å². The van der Waals surface area contributed by atoms with Crippen LogP contribution in [0.1, 0.15) is 39.0 Å². The van der Waals surface area contributed by atoms with Gasteiger partial charge < -0.3 is 35.7 Å². The molecule has 0 saturated carbocycles. The number of halogens is 2. The zero-order chi connectivity index (χ0) is 32.3. The molecule has 0 amide bonds. The Morgan fingerprint density at radius 2 is 1.90 bits per heavy atom. The molecular formula is C18H27BF2N5O12P3S-. The van der Waals surface area contributed by atoms with Gasteiger partial charge in [0.15, 0.2) is 5.12 Å². The zero-order valence-corrected chi connectivity index (χ0v) is 26.0. The van der Waals surface area contributed by atoms with Gasteiger partial charge in [0.1, 0.15) is 6.23 Å². The highest BCUT2D eigenvalue weighted by atomic mass is 32.2. The predicted molar refractivity (Wildman–Crippen MR) is 145 cm³/mol. The second-order valence-electron chi connectivity index (χ2n) is 9.80. The summed E-state index contributed by atoms with van der Waals surface area (Å²) in [5.41, 5.74) is 6.60. The van der Waals surface area contributed by atoms with Crippen LogP contribution in [-0.2, 0) is 36.6 Å². The Labute approximate surface area is 242 Å². The largest absolute Gasteiger partial charge is 0.444 e. The summed E-state index contributed by atoms with van der Waals surface area (Å²) < 4.78 is 85.4. The summed E-state index contributed by atoms with van der Waals surface area (Å²) in [4.78, 5) is 59.7. The van der Waals surface area contributed by atoms with Crippen LogP contribution in [0.5, 0.6) is 0 Å². The van der Waals surface area contributed by atoms with Gasteiger partial charge in [0, 0.05) is 34.3 Å². The monoisotopic (exact) mass is 679 g/mol. The molecule has 1 aromatic rings. The summed E-state index contributed by atoms with van der Waals surface area (Å²) in [7, 11) is -13.2. The first-order valence-corrected chi connectivity index (χ1v) is 17.4. The van der Waals surface area contributed by atoms with E-state index in [0.717, 1.165) is 10.8 Å². The molecule has 235 valence electrons. The molecule has 2 heterocycles. The van der Waals surface area contributed by atoms with Crippen LogP contribution in [0.4, 0.5) is 8.78 Å². The first-order valence-electron chi connectivity index (χ1n) is 11.7. The molecule has 0 spiro atoms. The number of aromatic nitrogens is 2. The Hall–Kier alpha value is -1.62. The molecule has 24 heteroatoms. The van der Waals surface area contributed by atoms with Crippen LogP contribution in [0.25, 0.3) is 10.4 Å². The summed E-state index contributed by atoms with van der Waals surface area (Å²) in [6.07, 6.45) is -1.54. The first kappa shape index (κ1) is 36.6. The van der Waals surface area contributed by atoms with E-state index < -0.39 is 76.3 Å². The normalized spacial score (nSPS) is 23.8. The maximum atomic E-state index is 14.6. The number of ether oxygens (including phenoxy) is 1. The highest BCUT2D eigenvalue weighted by Crippen LogP contribution is 2.79. The summed E-state index contributed by atoms with van der Waals surface area (Å²) in [6, 6.07) is -1.13. The van der Waals surface area contributed by atoms with E-state index in [2.05, 4.69) is 23.4 Å². The number of hydrogen-bond donors (Lipinski definition) is 3. The van der Waals surface area contributed by atoms with E-state index in [9.17, 15) is 46.6 Å². The third-order valence-electron chi connectivity index (χ3n) is 5.38. The summed E-state index contributed by atoms with van der Waals surface area (Å²) in [6.45, 7) is 4.24. The van der Waals surface area contributed by atoms with Crippen molar-refractivity contribution in [2.75, 3.05) is 19.0 Å². The van der Waals surface area contributed by atoms with Gasteiger partial charge >= 0.3 is 26.3 Å². The van der Waals surface area contributed by atoms with Crippen molar-refractivity contribution in [2.24, 2.45) is 10.5 Å². The molecule has 3 unspecified atom stereocenters. The van der Waals surface area contributed by atoms with E-state index in [1.807, 2.05) is 4.98 Å². The molecule has 0 aliphatic carbocycles. The molecule has 6 atom stereocenters. The minimum absolute atomic E-state index is 0.125. The van der Waals surface area contributed by atoms with Gasteiger partial charge in [-0.1, -0.05) is 37.6 Å². The van der Waals surface area contributed by atoms with E-state index in [4.69, 9.17) is 17.8 Å². The van der Waals surface area contributed by atoms with Crippen molar-refractivity contribution in [2.45, 2.75) is 57.9 Å². The highest BCUT2D eigenvalue weighted by Gasteiger charge is 2.67. The maximum absolute atomic E-state index is 14.6. The summed E-state index contributed by atoms with van der Waals surface area (Å²) in [5.74, 6) is -0.356. The second-order valence-corrected chi connectivity index (χ2v) is 16.7.